The molecule has 2 aromatic heterocycles. The van der Waals surface area contributed by atoms with Crippen molar-refractivity contribution in [2.24, 2.45) is 0 Å². The number of benzene rings is 1. The molecule has 1 amide bonds. The molecule has 3 aromatic rings. The highest BCUT2D eigenvalue weighted by molar-refractivity contribution is 5.92. The Balaban J connectivity index is 1.84. The zero-order chi connectivity index (χ0) is 20.6. The van der Waals surface area contributed by atoms with Crippen LogP contribution in [0.2, 0.25) is 0 Å². The summed E-state index contributed by atoms with van der Waals surface area (Å²) in [6.45, 7) is 2.76. The van der Waals surface area contributed by atoms with E-state index in [1.165, 1.54) is 17.7 Å². The fraction of sp³-hybridized carbons (Fsp3) is 0.278. The number of hydrogen-bond donors (Lipinski definition) is 1. The Morgan fingerprint density at radius 2 is 1.82 bits per heavy atom. The second-order valence-electron chi connectivity index (χ2n) is 6.22. The van der Waals surface area contributed by atoms with Gasteiger partial charge in [-0.25, -0.2) is 18.4 Å². The third-order valence-corrected chi connectivity index (χ3v) is 4.06. The second-order valence-corrected chi connectivity index (χ2v) is 6.22. The number of pyridine rings is 1. The van der Waals surface area contributed by atoms with E-state index in [1.54, 1.807) is 6.92 Å². The molecule has 0 spiro atoms. The predicted octanol–water partition coefficient (Wildman–Crippen LogP) is 4.64. The molecule has 0 unspecified atom stereocenters. The van der Waals surface area contributed by atoms with Crippen LogP contribution in [-0.4, -0.2) is 20.7 Å². The first-order valence-electron chi connectivity index (χ1n) is 8.16. The summed E-state index contributed by atoms with van der Waals surface area (Å²) < 4.78 is 65.6. The maximum atomic E-state index is 13.3. The molecule has 0 radical (unpaired) electrons. The number of carbonyl (C=O) groups excluding carboxylic acids is 1. The maximum absolute atomic E-state index is 13.3. The van der Waals surface area contributed by atoms with Crippen molar-refractivity contribution in [1.29, 1.82) is 0 Å². The fourth-order valence-corrected chi connectivity index (χ4v) is 2.88. The van der Waals surface area contributed by atoms with E-state index in [-0.39, 0.29) is 28.8 Å². The molecular weight excluding hydrogens is 383 g/mol. The van der Waals surface area contributed by atoms with Crippen LogP contribution in [0.3, 0.4) is 0 Å². The summed E-state index contributed by atoms with van der Waals surface area (Å²) >= 11 is 0. The van der Waals surface area contributed by atoms with Crippen LogP contribution in [0.25, 0.3) is 11.0 Å². The summed E-state index contributed by atoms with van der Waals surface area (Å²) in [4.78, 5) is 16.5. The van der Waals surface area contributed by atoms with Gasteiger partial charge in [0.2, 0.25) is 5.91 Å². The van der Waals surface area contributed by atoms with Crippen molar-refractivity contribution in [2.75, 3.05) is 5.32 Å². The zero-order valence-electron chi connectivity index (χ0n) is 14.8. The van der Waals surface area contributed by atoms with Crippen LogP contribution in [0.4, 0.5) is 27.6 Å². The van der Waals surface area contributed by atoms with E-state index < -0.39 is 24.1 Å². The molecule has 0 aliphatic heterocycles. The van der Waals surface area contributed by atoms with Crippen molar-refractivity contribution in [3.63, 3.8) is 0 Å². The average molecular weight is 398 g/mol. The van der Waals surface area contributed by atoms with Gasteiger partial charge in [-0.3, -0.25) is 4.79 Å². The van der Waals surface area contributed by atoms with E-state index in [0.29, 0.717) is 11.4 Å². The van der Waals surface area contributed by atoms with Gasteiger partial charge in [0.15, 0.2) is 5.65 Å². The zero-order valence-corrected chi connectivity index (χ0v) is 14.8. The molecule has 28 heavy (non-hydrogen) atoms. The molecule has 0 saturated carbocycles. The van der Waals surface area contributed by atoms with Gasteiger partial charge in [0, 0.05) is 16.9 Å². The van der Waals surface area contributed by atoms with E-state index in [2.05, 4.69) is 15.4 Å². The Bertz CT molecular complexity index is 1030. The van der Waals surface area contributed by atoms with Crippen molar-refractivity contribution < 1.29 is 26.7 Å². The topological polar surface area (TPSA) is 59.8 Å². The number of anilines is 1. The second kappa shape index (κ2) is 7.17. The van der Waals surface area contributed by atoms with Gasteiger partial charge in [0.05, 0.1) is 16.6 Å². The molecule has 0 aliphatic carbocycles. The molecule has 5 nitrogen and oxygen atoms in total. The summed E-state index contributed by atoms with van der Waals surface area (Å²) in [6.07, 6.45) is -7.19. The highest BCUT2D eigenvalue weighted by Gasteiger charge is 2.30. The van der Waals surface area contributed by atoms with Gasteiger partial charge in [0.25, 0.3) is 6.43 Å². The molecule has 148 valence electrons. The quantitative estimate of drug-likeness (QED) is 0.652. The van der Waals surface area contributed by atoms with E-state index in [1.807, 2.05) is 0 Å². The van der Waals surface area contributed by atoms with E-state index in [9.17, 15) is 26.7 Å². The predicted molar refractivity (Wildman–Crippen MR) is 92.0 cm³/mol. The normalized spacial score (nSPS) is 12.0. The minimum absolute atomic E-state index is 0.148. The van der Waals surface area contributed by atoms with Gasteiger partial charge in [0.1, 0.15) is 6.54 Å². The molecule has 2 heterocycles. The Labute approximate surface area is 156 Å². The molecule has 0 bridgehead atoms. The molecule has 0 atom stereocenters. The number of nitrogens with zero attached hydrogens (tertiary/aromatic N) is 3. The van der Waals surface area contributed by atoms with E-state index >= 15 is 0 Å². The van der Waals surface area contributed by atoms with Crippen LogP contribution in [0, 0.1) is 13.8 Å². The van der Waals surface area contributed by atoms with Gasteiger partial charge in [-0.2, -0.15) is 18.3 Å². The molecule has 0 fully saturated rings. The Kier molecular flexibility index (Phi) is 5.05. The van der Waals surface area contributed by atoms with E-state index in [0.717, 1.165) is 24.3 Å². The SMILES string of the molecule is Cc1cc(C(F)F)c2c(C)nn(CC(=O)Nc3ccc(C(F)(F)F)cc3)c2n1. The van der Waals surface area contributed by atoms with E-state index in [4.69, 9.17) is 0 Å². The van der Waals surface area contributed by atoms with Crippen molar-refractivity contribution in [3.05, 3.63) is 52.8 Å². The lowest BCUT2D eigenvalue weighted by molar-refractivity contribution is -0.137. The van der Waals surface area contributed by atoms with Crippen molar-refractivity contribution >= 4 is 22.6 Å². The smallest absolute Gasteiger partial charge is 0.324 e. The third kappa shape index (κ3) is 3.95. The molecule has 1 N–H and O–H groups in total. The molecule has 0 saturated heterocycles. The Morgan fingerprint density at radius 3 is 2.39 bits per heavy atom. The maximum Gasteiger partial charge on any atom is 0.416 e. The van der Waals surface area contributed by atoms with Gasteiger partial charge >= 0.3 is 6.18 Å². The highest BCUT2D eigenvalue weighted by atomic mass is 19.4. The molecule has 1 aromatic carbocycles. The molecule has 3 rings (SSSR count). The first-order chi connectivity index (χ1) is 13.1. The van der Waals surface area contributed by atoms with Crippen molar-refractivity contribution in [1.82, 2.24) is 14.8 Å². The molecular formula is C18H15F5N4O. The molecule has 10 heteroatoms. The fourth-order valence-electron chi connectivity index (χ4n) is 2.88. The highest BCUT2D eigenvalue weighted by Crippen LogP contribution is 2.31. The third-order valence-electron chi connectivity index (χ3n) is 4.06. The lowest BCUT2D eigenvalue weighted by Crippen LogP contribution is -2.20. The minimum Gasteiger partial charge on any atom is -0.324 e. The number of fused-ring (bicyclic) bond motifs is 1. The first-order valence-corrected chi connectivity index (χ1v) is 8.16. The lowest BCUT2D eigenvalue weighted by atomic mass is 10.1. The van der Waals surface area contributed by atoms with Crippen molar-refractivity contribution in [2.45, 2.75) is 33.0 Å². The number of aryl methyl sites for hydroxylation is 2. The number of rotatable bonds is 4. The molecule has 0 aliphatic rings. The number of amides is 1. The summed E-state index contributed by atoms with van der Waals surface area (Å²) in [6, 6.07) is 5.23. The van der Waals surface area contributed by atoms with Gasteiger partial charge in [-0.1, -0.05) is 0 Å². The minimum atomic E-state index is -4.47. The summed E-state index contributed by atoms with van der Waals surface area (Å²) in [5.74, 6) is -0.578. The summed E-state index contributed by atoms with van der Waals surface area (Å²) in [5.41, 5.74) is -0.0704. The van der Waals surface area contributed by atoms with Gasteiger partial charge < -0.3 is 5.32 Å². The van der Waals surface area contributed by atoms with Crippen LogP contribution in [-0.2, 0) is 17.5 Å². The standard InChI is InChI=1S/C18H15F5N4O/c1-9-7-13(16(19)20)15-10(2)26-27(17(15)24-9)8-14(28)25-12-5-3-11(4-6-12)18(21,22)23/h3-7,16H,8H2,1-2H3,(H,25,28). The van der Waals surface area contributed by atoms with Crippen molar-refractivity contribution in [3.8, 4) is 0 Å². The van der Waals surface area contributed by atoms with Crippen LogP contribution in [0.15, 0.2) is 30.3 Å². The van der Waals surface area contributed by atoms with Gasteiger partial charge in [-0.15, -0.1) is 0 Å². The number of hydrogen-bond acceptors (Lipinski definition) is 3. The summed E-state index contributed by atoms with van der Waals surface area (Å²) in [5, 5.41) is 6.75. The number of nitrogens with one attached hydrogen (secondary N) is 1. The van der Waals surface area contributed by atoms with Crippen LogP contribution in [0.5, 0.6) is 0 Å². The average Bonchev–Trinajstić information content (AvgIpc) is 2.89. The van der Waals surface area contributed by atoms with Crippen LogP contribution in [0.1, 0.15) is 28.9 Å². The van der Waals surface area contributed by atoms with Crippen LogP contribution >= 0.6 is 0 Å². The lowest BCUT2D eigenvalue weighted by Gasteiger charge is -2.09. The van der Waals surface area contributed by atoms with Crippen LogP contribution < -0.4 is 5.32 Å². The number of alkyl halides is 5. The summed E-state index contributed by atoms with van der Waals surface area (Å²) in [7, 11) is 0. The largest absolute Gasteiger partial charge is 0.416 e. The Hall–Kier alpha value is -3.04. The Morgan fingerprint density at radius 1 is 1.18 bits per heavy atom. The first kappa shape index (κ1) is 19.7. The monoisotopic (exact) mass is 398 g/mol. The number of halogens is 5. The number of carbonyl (C=O) groups is 1. The van der Waals surface area contributed by atoms with Gasteiger partial charge in [-0.05, 0) is 44.2 Å². The number of aromatic nitrogens is 3.